The summed E-state index contributed by atoms with van der Waals surface area (Å²) in [5.41, 5.74) is 1.33. The van der Waals surface area contributed by atoms with Crippen molar-refractivity contribution in [2.75, 3.05) is 39.0 Å². The summed E-state index contributed by atoms with van der Waals surface area (Å²) in [5, 5.41) is 4.93. The molecule has 2 aliphatic rings. The Hall–Kier alpha value is -1.24. The summed E-state index contributed by atoms with van der Waals surface area (Å²) >= 11 is 1.80. The van der Waals surface area contributed by atoms with Gasteiger partial charge in [-0.05, 0) is 78.2 Å². The molecule has 0 spiro atoms. The lowest BCUT2D eigenvalue weighted by Gasteiger charge is -2.25. The van der Waals surface area contributed by atoms with Gasteiger partial charge in [0.1, 0.15) is 16.5 Å². The Balaban J connectivity index is 1.61. The average molecular weight is 374 g/mol. The highest BCUT2D eigenvalue weighted by atomic mass is 32.1. The molecule has 1 aliphatic carbocycles. The van der Waals surface area contributed by atoms with Gasteiger partial charge < -0.3 is 10.2 Å². The summed E-state index contributed by atoms with van der Waals surface area (Å²) in [7, 11) is 4.39. The van der Waals surface area contributed by atoms with Crippen LogP contribution in [0.4, 0.5) is 5.82 Å². The molecule has 26 heavy (non-hydrogen) atoms. The van der Waals surface area contributed by atoms with Crippen LogP contribution in [0.15, 0.2) is 0 Å². The molecule has 0 amide bonds. The van der Waals surface area contributed by atoms with Gasteiger partial charge in [-0.1, -0.05) is 0 Å². The molecule has 0 radical (unpaired) electrons. The zero-order valence-corrected chi connectivity index (χ0v) is 17.3. The van der Waals surface area contributed by atoms with Crippen molar-refractivity contribution in [3.8, 4) is 0 Å². The van der Waals surface area contributed by atoms with Crippen LogP contribution in [0, 0.1) is 19.8 Å². The van der Waals surface area contributed by atoms with E-state index < -0.39 is 0 Å². The highest BCUT2D eigenvalue weighted by molar-refractivity contribution is 7.18. The zero-order valence-electron chi connectivity index (χ0n) is 16.5. The second kappa shape index (κ2) is 7.41. The fraction of sp³-hybridized carbons (Fsp3) is 0.700. The van der Waals surface area contributed by atoms with Gasteiger partial charge in [-0.2, -0.15) is 0 Å². The predicted molar refractivity (Wildman–Crippen MR) is 110 cm³/mol. The van der Waals surface area contributed by atoms with Crippen molar-refractivity contribution < 1.29 is 0 Å². The molecule has 142 valence electrons. The first-order valence-corrected chi connectivity index (χ1v) is 10.7. The molecule has 6 heteroatoms. The minimum absolute atomic E-state index is 0.585. The predicted octanol–water partition coefficient (Wildman–Crippen LogP) is 3.66. The lowest BCUT2D eigenvalue weighted by molar-refractivity contribution is 0.276. The van der Waals surface area contributed by atoms with E-state index in [1.807, 2.05) is 0 Å². The lowest BCUT2D eigenvalue weighted by atomic mass is 10.1. The fourth-order valence-electron chi connectivity index (χ4n) is 4.09. The highest BCUT2D eigenvalue weighted by Gasteiger charge is 2.32. The Kier molecular flexibility index (Phi) is 5.17. The van der Waals surface area contributed by atoms with Crippen molar-refractivity contribution in [3.05, 3.63) is 16.3 Å². The molecule has 1 unspecified atom stereocenters. The number of nitrogens with zero attached hydrogens (tertiary/aromatic N) is 4. The molecule has 2 fully saturated rings. The smallest absolute Gasteiger partial charge is 0.146 e. The van der Waals surface area contributed by atoms with Crippen LogP contribution in [-0.2, 0) is 6.54 Å². The van der Waals surface area contributed by atoms with E-state index in [1.165, 1.54) is 54.6 Å². The largest absolute Gasteiger partial charge is 0.368 e. The normalized spacial score (nSPS) is 19.6. The maximum Gasteiger partial charge on any atom is 0.146 e. The summed E-state index contributed by atoms with van der Waals surface area (Å²) in [6, 6.07) is 0.585. The molecule has 0 bridgehead atoms. The first-order valence-electron chi connectivity index (χ1n) is 9.92. The van der Waals surface area contributed by atoms with Crippen LogP contribution in [0.5, 0.6) is 0 Å². The van der Waals surface area contributed by atoms with Crippen LogP contribution in [0.3, 0.4) is 0 Å². The van der Waals surface area contributed by atoms with Crippen LogP contribution >= 0.6 is 11.3 Å². The van der Waals surface area contributed by atoms with Crippen molar-refractivity contribution in [1.82, 2.24) is 19.8 Å². The van der Waals surface area contributed by atoms with Gasteiger partial charge in [-0.25, -0.2) is 9.97 Å². The Morgan fingerprint density at radius 3 is 2.58 bits per heavy atom. The molecule has 4 rings (SSSR count). The van der Waals surface area contributed by atoms with Gasteiger partial charge in [0.25, 0.3) is 0 Å². The summed E-state index contributed by atoms with van der Waals surface area (Å²) in [4.78, 5) is 17.2. The maximum atomic E-state index is 4.97. The number of aromatic nitrogens is 2. The minimum Gasteiger partial charge on any atom is -0.368 e. The number of likely N-dealkylation sites (N-methyl/N-ethyl adjacent to an activating group) is 1. The Labute approximate surface area is 160 Å². The second-order valence-electron chi connectivity index (χ2n) is 8.18. The van der Waals surface area contributed by atoms with E-state index in [1.54, 1.807) is 11.3 Å². The van der Waals surface area contributed by atoms with E-state index >= 15 is 0 Å². The molecule has 1 saturated carbocycles. The Morgan fingerprint density at radius 1 is 1.19 bits per heavy atom. The topological polar surface area (TPSA) is 44.3 Å². The summed E-state index contributed by atoms with van der Waals surface area (Å²) in [5.74, 6) is 2.85. The standard InChI is InChI=1S/C20H31N5S/c1-13-14(2)26-20-18(13)19(21-11-16(24(3)4)15-7-8-15)22-17(23-20)12-25-9-5-6-10-25/h15-16H,5-12H2,1-4H3,(H,21,22,23). The number of nitrogens with one attached hydrogen (secondary N) is 1. The number of fused-ring (bicyclic) bond motifs is 1. The van der Waals surface area contributed by atoms with E-state index in [9.17, 15) is 0 Å². The molecule has 2 aromatic rings. The molecule has 2 aromatic heterocycles. The molecule has 1 N–H and O–H groups in total. The summed E-state index contributed by atoms with van der Waals surface area (Å²) < 4.78 is 0. The summed E-state index contributed by atoms with van der Waals surface area (Å²) in [6.45, 7) is 8.58. The molecule has 1 saturated heterocycles. The van der Waals surface area contributed by atoms with E-state index in [-0.39, 0.29) is 0 Å². The number of likely N-dealkylation sites (tertiary alicyclic amines) is 1. The van der Waals surface area contributed by atoms with E-state index in [0.29, 0.717) is 6.04 Å². The van der Waals surface area contributed by atoms with Crippen LogP contribution in [0.1, 0.15) is 41.9 Å². The van der Waals surface area contributed by atoms with Gasteiger partial charge in [0.2, 0.25) is 0 Å². The van der Waals surface area contributed by atoms with Crippen molar-refractivity contribution in [2.24, 2.45) is 5.92 Å². The SMILES string of the molecule is Cc1sc2nc(CN3CCCC3)nc(NCC(C3CC3)N(C)C)c2c1C. The maximum absolute atomic E-state index is 4.97. The van der Waals surface area contributed by atoms with Gasteiger partial charge in [-0.15, -0.1) is 11.3 Å². The number of anilines is 1. The highest BCUT2D eigenvalue weighted by Crippen LogP contribution is 2.36. The monoisotopic (exact) mass is 373 g/mol. The van der Waals surface area contributed by atoms with Crippen molar-refractivity contribution in [1.29, 1.82) is 0 Å². The third kappa shape index (κ3) is 3.73. The number of thiophene rings is 1. The van der Waals surface area contributed by atoms with Gasteiger partial charge in [0.05, 0.1) is 11.9 Å². The van der Waals surface area contributed by atoms with Gasteiger partial charge in [0.15, 0.2) is 0 Å². The van der Waals surface area contributed by atoms with E-state index in [0.717, 1.165) is 35.5 Å². The van der Waals surface area contributed by atoms with Gasteiger partial charge >= 0.3 is 0 Å². The number of hydrogen-bond donors (Lipinski definition) is 1. The van der Waals surface area contributed by atoms with Crippen molar-refractivity contribution in [3.63, 3.8) is 0 Å². The molecule has 1 atom stereocenters. The summed E-state index contributed by atoms with van der Waals surface area (Å²) in [6.07, 6.45) is 5.33. The van der Waals surface area contributed by atoms with Crippen LogP contribution in [0.2, 0.25) is 0 Å². The molecular formula is C20H31N5S. The molecule has 5 nitrogen and oxygen atoms in total. The minimum atomic E-state index is 0.585. The number of aryl methyl sites for hydroxylation is 2. The number of hydrogen-bond acceptors (Lipinski definition) is 6. The Morgan fingerprint density at radius 2 is 1.92 bits per heavy atom. The molecule has 3 heterocycles. The first kappa shape index (κ1) is 18.1. The van der Waals surface area contributed by atoms with Gasteiger partial charge in [-0.3, -0.25) is 4.90 Å². The van der Waals surface area contributed by atoms with Crippen molar-refractivity contribution in [2.45, 2.75) is 52.1 Å². The van der Waals surface area contributed by atoms with Crippen LogP contribution < -0.4 is 5.32 Å². The van der Waals surface area contributed by atoms with Crippen LogP contribution in [-0.4, -0.2) is 59.5 Å². The second-order valence-corrected chi connectivity index (χ2v) is 9.39. The first-order chi connectivity index (χ1) is 12.5. The van der Waals surface area contributed by atoms with E-state index in [4.69, 9.17) is 9.97 Å². The number of rotatable bonds is 7. The zero-order chi connectivity index (χ0) is 18.3. The molecule has 0 aromatic carbocycles. The van der Waals surface area contributed by atoms with Crippen molar-refractivity contribution >= 4 is 27.4 Å². The fourth-order valence-corrected chi connectivity index (χ4v) is 5.13. The van der Waals surface area contributed by atoms with Gasteiger partial charge in [0, 0.05) is 17.5 Å². The molecular weight excluding hydrogens is 342 g/mol. The quantitative estimate of drug-likeness (QED) is 0.802. The Bertz CT molecular complexity index is 772. The van der Waals surface area contributed by atoms with E-state index in [2.05, 4.69) is 43.1 Å². The average Bonchev–Trinajstić information content (AvgIpc) is 3.21. The third-order valence-corrected chi connectivity index (χ3v) is 7.05. The van der Waals surface area contributed by atoms with Crippen LogP contribution in [0.25, 0.3) is 10.2 Å². The lowest BCUT2D eigenvalue weighted by Crippen LogP contribution is -2.36. The third-order valence-electron chi connectivity index (χ3n) is 5.95. The molecule has 1 aliphatic heterocycles.